The van der Waals surface area contributed by atoms with E-state index >= 15 is 0 Å². The van der Waals surface area contributed by atoms with Gasteiger partial charge in [-0.25, -0.2) is 0 Å². The van der Waals surface area contributed by atoms with Gasteiger partial charge in [-0.05, 0) is 87.9 Å². The highest BCUT2D eigenvalue weighted by Crippen LogP contribution is 2.42. The van der Waals surface area contributed by atoms with Crippen LogP contribution in [0, 0.1) is 0 Å². The molecule has 0 radical (unpaired) electrons. The summed E-state index contributed by atoms with van der Waals surface area (Å²) < 4.78 is 8.04. The van der Waals surface area contributed by atoms with Gasteiger partial charge in [0.25, 0.3) is 0 Å². The van der Waals surface area contributed by atoms with Crippen LogP contribution in [-0.2, 0) is 0 Å². The Kier molecular flexibility index (Phi) is 5.77. The molecule has 3 heterocycles. The highest BCUT2D eigenvalue weighted by Gasteiger charge is 2.41. The summed E-state index contributed by atoms with van der Waals surface area (Å²) in [7, 11) is 0. The summed E-state index contributed by atoms with van der Waals surface area (Å²) in [6.07, 6.45) is 6.32. The molecular formula is C24H28N4OS. The Bertz CT molecular complexity index is 998. The second-order valence-electron chi connectivity index (χ2n) is 8.14. The van der Waals surface area contributed by atoms with Crippen LogP contribution in [0.1, 0.15) is 57.1 Å². The zero-order valence-corrected chi connectivity index (χ0v) is 18.6. The molecule has 0 aliphatic carbocycles. The van der Waals surface area contributed by atoms with Crippen LogP contribution in [0.2, 0.25) is 0 Å². The van der Waals surface area contributed by atoms with E-state index in [1.807, 2.05) is 44.3 Å². The van der Waals surface area contributed by atoms with Crippen molar-refractivity contribution in [1.29, 1.82) is 0 Å². The SMILES string of the molecule is CC(C)Oc1ccc(N2C(=S)N[C@@H](c3ccccn3)[C@H]2c2ccn(C(C)C)c2)cc1. The first-order valence-corrected chi connectivity index (χ1v) is 10.8. The lowest BCUT2D eigenvalue weighted by molar-refractivity contribution is 0.242. The molecule has 6 heteroatoms. The Morgan fingerprint density at radius 3 is 2.40 bits per heavy atom. The molecule has 1 aromatic carbocycles. The first-order valence-electron chi connectivity index (χ1n) is 10.4. The summed E-state index contributed by atoms with van der Waals surface area (Å²) in [4.78, 5) is 6.80. The molecule has 1 fully saturated rings. The summed E-state index contributed by atoms with van der Waals surface area (Å²) in [5.41, 5.74) is 3.21. The van der Waals surface area contributed by atoms with Gasteiger partial charge >= 0.3 is 0 Å². The van der Waals surface area contributed by atoms with E-state index in [1.165, 1.54) is 5.56 Å². The second-order valence-corrected chi connectivity index (χ2v) is 8.53. The van der Waals surface area contributed by atoms with E-state index in [0.29, 0.717) is 11.2 Å². The molecule has 5 nitrogen and oxygen atoms in total. The highest BCUT2D eigenvalue weighted by molar-refractivity contribution is 7.80. The predicted octanol–water partition coefficient (Wildman–Crippen LogP) is 5.43. The lowest BCUT2D eigenvalue weighted by atomic mass is 9.98. The van der Waals surface area contributed by atoms with Crippen molar-refractivity contribution in [3.63, 3.8) is 0 Å². The van der Waals surface area contributed by atoms with Crippen molar-refractivity contribution in [2.75, 3.05) is 4.90 Å². The van der Waals surface area contributed by atoms with Crippen LogP contribution >= 0.6 is 12.2 Å². The van der Waals surface area contributed by atoms with Gasteiger partial charge in [0.05, 0.1) is 23.9 Å². The quantitative estimate of drug-likeness (QED) is 0.539. The fraction of sp³-hybridized carbons (Fsp3) is 0.333. The predicted molar refractivity (Wildman–Crippen MR) is 125 cm³/mol. The minimum absolute atomic E-state index is 0.00395. The van der Waals surface area contributed by atoms with Crippen LogP contribution in [0.5, 0.6) is 5.75 Å². The molecule has 0 bridgehead atoms. The highest BCUT2D eigenvalue weighted by atomic mass is 32.1. The molecule has 2 atom stereocenters. The lowest BCUT2D eigenvalue weighted by Gasteiger charge is -2.27. The van der Waals surface area contributed by atoms with Crippen molar-refractivity contribution in [2.45, 2.75) is 51.9 Å². The molecule has 0 amide bonds. The van der Waals surface area contributed by atoms with E-state index in [-0.39, 0.29) is 18.2 Å². The number of nitrogens with one attached hydrogen (secondary N) is 1. The number of aromatic nitrogens is 2. The molecule has 2 aromatic heterocycles. The maximum atomic E-state index is 5.81. The first-order chi connectivity index (χ1) is 14.4. The van der Waals surface area contributed by atoms with Crippen LogP contribution in [0.4, 0.5) is 5.69 Å². The van der Waals surface area contributed by atoms with E-state index in [2.05, 4.69) is 70.3 Å². The largest absolute Gasteiger partial charge is 0.491 e. The third-order valence-corrected chi connectivity index (χ3v) is 5.57. The molecule has 1 N–H and O–H groups in total. The fourth-order valence-electron chi connectivity index (χ4n) is 3.86. The van der Waals surface area contributed by atoms with Crippen molar-refractivity contribution < 1.29 is 4.74 Å². The van der Waals surface area contributed by atoms with Gasteiger partial charge in [-0.3, -0.25) is 4.98 Å². The van der Waals surface area contributed by atoms with Gasteiger partial charge in [-0.1, -0.05) is 6.07 Å². The number of ether oxygens (including phenoxy) is 1. The number of anilines is 1. The molecule has 0 unspecified atom stereocenters. The Balaban J connectivity index is 1.74. The zero-order valence-electron chi connectivity index (χ0n) is 17.8. The molecule has 1 aliphatic rings. The fourth-order valence-corrected chi connectivity index (χ4v) is 4.20. The molecule has 30 heavy (non-hydrogen) atoms. The lowest BCUT2D eigenvalue weighted by Crippen LogP contribution is -2.29. The normalized spacial score (nSPS) is 18.9. The minimum atomic E-state index is -0.0340. The van der Waals surface area contributed by atoms with Crippen molar-refractivity contribution >= 4 is 23.0 Å². The van der Waals surface area contributed by atoms with Gasteiger partial charge in [-0.15, -0.1) is 0 Å². The van der Waals surface area contributed by atoms with Gasteiger partial charge in [0.1, 0.15) is 5.75 Å². The summed E-state index contributed by atoms with van der Waals surface area (Å²) in [6.45, 7) is 8.42. The van der Waals surface area contributed by atoms with Crippen molar-refractivity contribution in [1.82, 2.24) is 14.9 Å². The summed E-state index contributed by atoms with van der Waals surface area (Å²) in [6, 6.07) is 16.7. The third kappa shape index (κ3) is 4.05. The number of nitrogens with zero attached hydrogens (tertiary/aromatic N) is 3. The first kappa shape index (κ1) is 20.4. The van der Waals surface area contributed by atoms with E-state index < -0.39 is 0 Å². The molecule has 3 aromatic rings. The zero-order chi connectivity index (χ0) is 21.3. The maximum Gasteiger partial charge on any atom is 0.174 e. The number of hydrogen-bond acceptors (Lipinski definition) is 3. The maximum absolute atomic E-state index is 5.81. The number of benzene rings is 1. The Morgan fingerprint density at radius 1 is 1.03 bits per heavy atom. The molecule has 1 aliphatic heterocycles. The minimum Gasteiger partial charge on any atom is -0.491 e. The van der Waals surface area contributed by atoms with Crippen molar-refractivity contribution in [3.05, 3.63) is 78.4 Å². The standard InChI is InChI=1S/C24H28N4OS/c1-16(2)27-14-12-18(15-27)23-22(21-7-5-6-13-25-21)26-24(30)28(23)19-8-10-20(11-9-19)29-17(3)4/h5-17,22-23H,1-4H3,(H,26,30)/t22-,23+/m0/s1. The third-order valence-electron chi connectivity index (χ3n) is 5.26. The smallest absolute Gasteiger partial charge is 0.174 e. The summed E-state index contributed by atoms with van der Waals surface area (Å²) in [5, 5.41) is 4.21. The summed E-state index contributed by atoms with van der Waals surface area (Å²) >= 11 is 5.79. The van der Waals surface area contributed by atoms with E-state index in [4.69, 9.17) is 17.0 Å². The van der Waals surface area contributed by atoms with Crippen LogP contribution in [0.25, 0.3) is 0 Å². The topological polar surface area (TPSA) is 42.3 Å². The van der Waals surface area contributed by atoms with Gasteiger partial charge in [0, 0.05) is 30.3 Å². The van der Waals surface area contributed by atoms with Crippen LogP contribution in [0.15, 0.2) is 67.1 Å². The average Bonchev–Trinajstić information content (AvgIpc) is 3.34. The number of rotatable bonds is 6. The van der Waals surface area contributed by atoms with Gasteiger partial charge in [0.2, 0.25) is 0 Å². The average molecular weight is 421 g/mol. The van der Waals surface area contributed by atoms with Gasteiger partial charge in [0.15, 0.2) is 5.11 Å². The van der Waals surface area contributed by atoms with Crippen molar-refractivity contribution in [3.8, 4) is 5.75 Å². The number of hydrogen-bond donors (Lipinski definition) is 1. The van der Waals surface area contributed by atoms with Crippen LogP contribution in [0.3, 0.4) is 0 Å². The van der Waals surface area contributed by atoms with Crippen molar-refractivity contribution in [2.24, 2.45) is 0 Å². The van der Waals surface area contributed by atoms with E-state index in [1.54, 1.807) is 0 Å². The number of thiocarbonyl (C=S) groups is 1. The Morgan fingerprint density at radius 2 is 1.80 bits per heavy atom. The molecule has 0 spiro atoms. The van der Waals surface area contributed by atoms with Gasteiger partial charge in [-0.2, -0.15) is 0 Å². The monoisotopic (exact) mass is 420 g/mol. The summed E-state index contributed by atoms with van der Waals surface area (Å²) in [5.74, 6) is 0.857. The Labute approximate surface area is 183 Å². The molecule has 4 rings (SSSR count). The van der Waals surface area contributed by atoms with Crippen LogP contribution in [-0.4, -0.2) is 20.8 Å². The molecule has 0 saturated carbocycles. The molecule has 1 saturated heterocycles. The molecule has 156 valence electrons. The van der Waals surface area contributed by atoms with E-state index in [0.717, 1.165) is 17.1 Å². The van der Waals surface area contributed by atoms with E-state index in [9.17, 15) is 0 Å². The van der Waals surface area contributed by atoms with Gasteiger partial charge < -0.3 is 19.5 Å². The molecular weight excluding hydrogens is 392 g/mol. The number of pyridine rings is 1. The van der Waals surface area contributed by atoms with Crippen LogP contribution < -0.4 is 15.0 Å². The second kappa shape index (κ2) is 8.48. The Hall–Kier alpha value is -2.86.